The average Bonchev–Trinajstić information content (AvgIpc) is 3.50. The first kappa shape index (κ1) is 21.9. The second-order valence-corrected chi connectivity index (χ2v) is 10.4. The van der Waals surface area contributed by atoms with E-state index in [2.05, 4.69) is 126 Å². The van der Waals surface area contributed by atoms with Gasteiger partial charge in [-0.2, -0.15) is 4.58 Å². The lowest BCUT2D eigenvalue weighted by molar-refractivity contribution is -0.454. The molecule has 4 aromatic rings. The lowest BCUT2D eigenvalue weighted by Crippen LogP contribution is -2.27. The van der Waals surface area contributed by atoms with Crippen molar-refractivity contribution >= 4 is 33.9 Å². The molecule has 2 aliphatic rings. The Balaban J connectivity index is 1.39. The molecular formula is C33H33N2+. The van der Waals surface area contributed by atoms with Gasteiger partial charge in [0.25, 0.3) is 0 Å². The summed E-state index contributed by atoms with van der Waals surface area (Å²) in [6, 6.07) is 33.3. The van der Waals surface area contributed by atoms with Crippen LogP contribution in [0.2, 0.25) is 0 Å². The monoisotopic (exact) mass is 457 g/mol. The third-order valence-corrected chi connectivity index (χ3v) is 7.81. The third kappa shape index (κ3) is 3.97. The van der Waals surface area contributed by atoms with Gasteiger partial charge < -0.3 is 4.90 Å². The Hall–Kier alpha value is -3.65. The Morgan fingerprint density at radius 2 is 1.49 bits per heavy atom. The van der Waals surface area contributed by atoms with Crippen LogP contribution in [0.3, 0.4) is 0 Å². The average molecular weight is 458 g/mol. The first-order valence-corrected chi connectivity index (χ1v) is 12.9. The Labute approximate surface area is 208 Å². The SMILES string of the molecule is CC1(C)C(C=Cc2ccc(N3CCCC3)cc2)=[N+](Cc2cccc3ccccc23)c2ccccc21. The van der Waals surface area contributed by atoms with E-state index >= 15 is 0 Å². The number of allylic oxidation sites excluding steroid dienone is 1. The van der Waals surface area contributed by atoms with Crippen LogP contribution in [0.1, 0.15) is 43.4 Å². The van der Waals surface area contributed by atoms with Gasteiger partial charge >= 0.3 is 0 Å². The maximum absolute atomic E-state index is 2.52. The Kier molecular flexibility index (Phi) is 5.53. The van der Waals surface area contributed by atoms with Crippen LogP contribution in [-0.4, -0.2) is 23.4 Å². The minimum atomic E-state index is -0.0623. The van der Waals surface area contributed by atoms with Gasteiger partial charge in [-0.3, -0.25) is 0 Å². The second-order valence-electron chi connectivity index (χ2n) is 10.4. The summed E-state index contributed by atoms with van der Waals surface area (Å²) in [6.45, 7) is 7.93. The fourth-order valence-corrected chi connectivity index (χ4v) is 5.86. The van der Waals surface area contributed by atoms with Crippen molar-refractivity contribution in [3.63, 3.8) is 0 Å². The van der Waals surface area contributed by atoms with Crippen LogP contribution in [0, 0.1) is 0 Å². The minimum Gasteiger partial charge on any atom is -0.372 e. The molecule has 1 fully saturated rings. The lowest BCUT2D eigenvalue weighted by atomic mass is 9.81. The Bertz CT molecular complexity index is 1430. The molecule has 2 heteroatoms. The fourth-order valence-electron chi connectivity index (χ4n) is 5.86. The smallest absolute Gasteiger partial charge is 0.210 e. The summed E-state index contributed by atoms with van der Waals surface area (Å²) >= 11 is 0. The molecule has 0 spiro atoms. The number of hydrogen-bond acceptors (Lipinski definition) is 1. The predicted octanol–water partition coefficient (Wildman–Crippen LogP) is 7.73. The summed E-state index contributed by atoms with van der Waals surface area (Å²) in [5.41, 5.74) is 7.94. The number of benzene rings is 4. The van der Waals surface area contributed by atoms with Crippen molar-refractivity contribution in [3.8, 4) is 0 Å². The van der Waals surface area contributed by atoms with E-state index in [1.54, 1.807) is 0 Å². The van der Waals surface area contributed by atoms with E-state index in [9.17, 15) is 0 Å². The van der Waals surface area contributed by atoms with Crippen LogP contribution in [0.4, 0.5) is 11.4 Å². The van der Waals surface area contributed by atoms with Crippen molar-refractivity contribution in [2.45, 2.75) is 38.6 Å². The molecule has 2 aliphatic heterocycles. The van der Waals surface area contributed by atoms with Crippen molar-refractivity contribution in [1.82, 2.24) is 0 Å². The molecule has 1 saturated heterocycles. The van der Waals surface area contributed by atoms with Crippen LogP contribution in [0.15, 0.2) is 97.1 Å². The van der Waals surface area contributed by atoms with E-state index < -0.39 is 0 Å². The molecule has 0 radical (unpaired) electrons. The molecule has 0 aliphatic carbocycles. The quantitative estimate of drug-likeness (QED) is 0.278. The van der Waals surface area contributed by atoms with Crippen LogP contribution in [0.25, 0.3) is 16.8 Å². The molecule has 0 bridgehead atoms. The van der Waals surface area contributed by atoms with Crippen LogP contribution in [-0.2, 0) is 12.0 Å². The molecule has 2 heterocycles. The standard InChI is InChI=1S/C33H33N2/c1-33(2)30-14-5-6-15-31(30)35(24-27-12-9-11-26-10-3-4-13-29(26)27)32(33)21-18-25-16-19-28(20-17-25)34-22-7-8-23-34/h3-6,9-21H,7-8,22-24H2,1-2H3/q+1. The van der Waals surface area contributed by atoms with Gasteiger partial charge in [0.2, 0.25) is 5.69 Å². The molecule has 0 aromatic heterocycles. The Morgan fingerprint density at radius 3 is 2.31 bits per heavy atom. The molecule has 6 rings (SSSR count). The second kappa shape index (κ2) is 8.85. The molecule has 0 saturated carbocycles. The summed E-state index contributed by atoms with van der Waals surface area (Å²) in [6.07, 6.45) is 7.24. The topological polar surface area (TPSA) is 6.25 Å². The van der Waals surface area contributed by atoms with Gasteiger partial charge in [0, 0.05) is 42.0 Å². The van der Waals surface area contributed by atoms with Crippen LogP contribution < -0.4 is 4.90 Å². The third-order valence-electron chi connectivity index (χ3n) is 7.81. The van der Waals surface area contributed by atoms with Crippen LogP contribution >= 0.6 is 0 Å². The molecular weight excluding hydrogens is 424 g/mol. The molecule has 4 aromatic carbocycles. The van der Waals surface area contributed by atoms with E-state index in [4.69, 9.17) is 0 Å². The number of para-hydroxylation sites is 1. The van der Waals surface area contributed by atoms with Gasteiger partial charge in [0.15, 0.2) is 12.3 Å². The zero-order chi connectivity index (χ0) is 23.8. The molecule has 0 unspecified atom stereocenters. The molecule has 0 N–H and O–H groups in total. The van der Waals surface area contributed by atoms with E-state index in [1.165, 1.54) is 70.5 Å². The molecule has 174 valence electrons. The van der Waals surface area contributed by atoms with Gasteiger partial charge in [0.05, 0.1) is 5.41 Å². The van der Waals surface area contributed by atoms with Crippen molar-refractivity contribution < 1.29 is 4.58 Å². The summed E-state index contributed by atoms with van der Waals surface area (Å²) < 4.78 is 2.52. The van der Waals surface area contributed by atoms with Crippen LogP contribution in [0.5, 0.6) is 0 Å². The van der Waals surface area contributed by atoms with Gasteiger partial charge in [-0.25, -0.2) is 0 Å². The maximum Gasteiger partial charge on any atom is 0.210 e. The number of hydrogen-bond donors (Lipinski definition) is 0. The van der Waals surface area contributed by atoms with Crippen molar-refractivity contribution in [2.24, 2.45) is 0 Å². The van der Waals surface area contributed by atoms with Gasteiger partial charge in [-0.05, 0) is 61.2 Å². The zero-order valence-corrected chi connectivity index (χ0v) is 20.7. The highest BCUT2D eigenvalue weighted by Gasteiger charge is 2.44. The highest BCUT2D eigenvalue weighted by atomic mass is 15.1. The highest BCUT2D eigenvalue weighted by Crippen LogP contribution is 2.41. The van der Waals surface area contributed by atoms with Crippen molar-refractivity contribution in [1.29, 1.82) is 0 Å². The molecule has 0 amide bonds. The van der Waals surface area contributed by atoms with E-state index in [0.29, 0.717) is 0 Å². The summed E-state index contributed by atoms with van der Waals surface area (Å²) in [5, 5.41) is 2.63. The first-order valence-electron chi connectivity index (χ1n) is 12.9. The predicted molar refractivity (Wildman–Crippen MR) is 149 cm³/mol. The van der Waals surface area contributed by atoms with Crippen molar-refractivity contribution in [3.05, 3.63) is 114 Å². The number of anilines is 1. The largest absolute Gasteiger partial charge is 0.372 e. The molecule has 2 nitrogen and oxygen atoms in total. The van der Waals surface area contributed by atoms with Gasteiger partial charge in [-0.1, -0.05) is 72.8 Å². The first-order chi connectivity index (χ1) is 17.1. The van der Waals surface area contributed by atoms with E-state index in [-0.39, 0.29) is 5.41 Å². The van der Waals surface area contributed by atoms with Gasteiger partial charge in [-0.15, -0.1) is 0 Å². The minimum absolute atomic E-state index is 0.0623. The Morgan fingerprint density at radius 1 is 0.771 bits per heavy atom. The van der Waals surface area contributed by atoms with E-state index in [0.717, 1.165) is 6.54 Å². The zero-order valence-electron chi connectivity index (χ0n) is 20.7. The molecule has 35 heavy (non-hydrogen) atoms. The highest BCUT2D eigenvalue weighted by molar-refractivity contribution is 6.05. The van der Waals surface area contributed by atoms with Crippen molar-refractivity contribution in [2.75, 3.05) is 18.0 Å². The van der Waals surface area contributed by atoms with E-state index in [1.807, 2.05) is 0 Å². The normalized spacial score (nSPS) is 17.0. The fraction of sp³-hybridized carbons (Fsp3) is 0.242. The van der Waals surface area contributed by atoms with Gasteiger partial charge in [0.1, 0.15) is 0 Å². The number of rotatable bonds is 5. The number of nitrogens with zero attached hydrogens (tertiary/aromatic N) is 2. The lowest BCUT2D eigenvalue weighted by Gasteiger charge is -2.17. The summed E-state index contributed by atoms with van der Waals surface area (Å²) in [5.74, 6) is 0. The number of fused-ring (bicyclic) bond motifs is 2. The summed E-state index contributed by atoms with van der Waals surface area (Å²) in [4.78, 5) is 2.49. The maximum atomic E-state index is 2.52. The molecule has 0 atom stereocenters. The summed E-state index contributed by atoms with van der Waals surface area (Å²) in [7, 11) is 0.